The molecular formula is C11H16O5S. The van der Waals surface area contributed by atoms with E-state index < -0.39 is 28.9 Å². The van der Waals surface area contributed by atoms with Crippen molar-refractivity contribution in [3.8, 4) is 0 Å². The first-order chi connectivity index (χ1) is 7.77. The molecule has 1 rings (SSSR count). The van der Waals surface area contributed by atoms with E-state index in [1.54, 1.807) is 12.1 Å². The summed E-state index contributed by atoms with van der Waals surface area (Å²) in [4.78, 5) is 0.0249. The lowest BCUT2D eigenvalue weighted by Crippen LogP contribution is -2.35. The van der Waals surface area contributed by atoms with E-state index in [0.717, 1.165) is 5.56 Å². The first-order valence-corrected chi connectivity index (χ1v) is 6.47. The standard InChI is InChI=1S/C11H16O5S/c1-9-3-5-10(6-4-9)17(14,15)16-8-11(2,13)7-12/h3-6,12-13H,7-8H2,1-2H3/t11-/m1/s1. The zero-order valence-corrected chi connectivity index (χ0v) is 10.6. The van der Waals surface area contributed by atoms with Crippen molar-refractivity contribution >= 4 is 10.1 Å². The van der Waals surface area contributed by atoms with E-state index in [0.29, 0.717) is 0 Å². The molecule has 96 valence electrons. The van der Waals surface area contributed by atoms with Gasteiger partial charge in [-0.15, -0.1) is 0 Å². The monoisotopic (exact) mass is 260 g/mol. The van der Waals surface area contributed by atoms with Crippen LogP contribution in [0.4, 0.5) is 0 Å². The molecule has 1 aromatic carbocycles. The molecule has 1 atom stereocenters. The fraction of sp³-hybridized carbons (Fsp3) is 0.455. The van der Waals surface area contributed by atoms with Gasteiger partial charge in [-0.1, -0.05) is 17.7 Å². The smallest absolute Gasteiger partial charge is 0.297 e. The summed E-state index contributed by atoms with van der Waals surface area (Å²) >= 11 is 0. The minimum Gasteiger partial charge on any atom is -0.393 e. The molecule has 0 radical (unpaired) electrons. The summed E-state index contributed by atoms with van der Waals surface area (Å²) in [6, 6.07) is 6.16. The van der Waals surface area contributed by atoms with Crippen LogP contribution in [-0.2, 0) is 14.3 Å². The van der Waals surface area contributed by atoms with Crippen LogP contribution in [0.2, 0.25) is 0 Å². The Morgan fingerprint density at radius 1 is 1.29 bits per heavy atom. The van der Waals surface area contributed by atoms with Crippen molar-refractivity contribution in [2.45, 2.75) is 24.3 Å². The molecule has 0 unspecified atom stereocenters. The van der Waals surface area contributed by atoms with Crippen molar-refractivity contribution < 1.29 is 22.8 Å². The number of hydrogen-bond donors (Lipinski definition) is 2. The second-order valence-corrected chi connectivity index (χ2v) is 5.80. The number of aryl methyl sites for hydroxylation is 1. The van der Waals surface area contributed by atoms with Gasteiger partial charge in [0.25, 0.3) is 10.1 Å². The first kappa shape index (κ1) is 14.1. The van der Waals surface area contributed by atoms with Gasteiger partial charge in [0.1, 0.15) is 5.60 Å². The second kappa shape index (κ2) is 5.14. The van der Waals surface area contributed by atoms with Gasteiger partial charge in [0.15, 0.2) is 0 Å². The summed E-state index contributed by atoms with van der Waals surface area (Å²) < 4.78 is 28.1. The lowest BCUT2D eigenvalue weighted by molar-refractivity contribution is -0.0309. The summed E-state index contributed by atoms with van der Waals surface area (Å²) in [5.41, 5.74) is -0.635. The van der Waals surface area contributed by atoms with Crippen molar-refractivity contribution in [2.24, 2.45) is 0 Å². The fourth-order valence-electron chi connectivity index (χ4n) is 1.02. The minimum absolute atomic E-state index is 0.0249. The Labute approximate surface area is 101 Å². The van der Waals surface area contributed by atoms with Crippen LogP contribution in [0.1, 0.15) is 12.5 Å². The summed E-state index contributed by atoms with van der Waals surface area (Å²) in [6.45, 7) is 2.07. The largest absolute Gasteiger partial charge is 0.393 e. The maximum atomic E-state index is 11.7. The van der Waals surface area contributed by atoms with E-state index in [1.807, 2.05) is 6.92 Å². The topological polar surface area (TPSA) is 83.8 Å². The molecule has 6 heteroatoms. The molecule has 0 aliphatic carbocycles. The van der Waals surface area contributed by atoms with Crippen LogP contribution in [0.15, 0.2) is 29.2 Å². The van der Waals surface area contributed by atoms with E-state index >= 15 is 0 Å². The van der Waals surface area contributed by atoms with Crippen molar-refractivity contribution in [1.29, 1.82) is 0 Å². The van der Waals surface area contributed by atoms with Crippen LogP contribution < -0.4 is 0 Å². The Balaban J connectivity index is 2.79. The minimum atomic E-state index is -3.89. The average molecular weight is 260 g/mol. The number of aliphatic hydroxyl groups excluding tert-OH is 1. The van der Waals surface area contributed by atoms with Crippen molar-refractivity contribution in [3.63, 3.8) is 0 Å². The van der Waals surface area contributed by atoms with E-state index in [2.05, 4.69) is 4.18 Å². The molecule has 5 nitrogen and oxygen atoms in total. The van der Waals surface area contributed by atoms with Gasteiger partial charge >= 0.3 is 0 Å². The molecule has 0 saturated heterocycles. The third-order valence-electron chi connectivity index (χ3n) is 2.18. The van der Waals surface area contributed by atoms with Crippen molar-refractivity contribution in [3.05, 3.63) is 29.8 Å². The molecule has 1 aromatic rings. The Bertz CT molecular complexity index is 461. The molecule has 0 aliphatic heterocycles. The zero-order valence-electron chi connectivity index (χ0n) is 9.75. The van der Waals surface area contributed by atoms with Crippen LogP contribution in [-0.4, -0.2) is 37.4 Å². The molecular weight excluding hydrogens is 244 g/mol. The van der Waals surface area contributed by atoms with Crippen LogP contribution in [0, 0.1) is 6.92 Å². The van der Waals surface area contributed by atoms with Gasteiger partial charge < -0.3 is 10.2 Å². The number of hydrogen-bond acceptors (Lipinski definition) is 5. The lowest BCUT2D eigenvalue weighted by Gasteiger charge is -2.19. The molecule has 0 aliphatic rings. The van der Waals surface area contributed by atoms with Crippen LogP contribution in [0.25, 0.3) is 0 Å². The summed E-state index contributed by atoms with van der Waals surface area (Å²) in [5, 5.41) is 18.2. The van der Waals surface area contributed by atoms with E-state index in [-0.39, 0.29) is 4.90 Å². The van der Waals surface area contributed by atoms with Gasteiger partial charge in [0.05, 0.1) is 18.1 Å². The molecule has 0 spiro atoms. The van der Waals surface area contributed by atoms with E-state index in [4.69, 9.17) is 5.11 Å². The van der Waals surface area contributed by atoms with Gasteiger partial charge in [0.2, 0.25) is 0 Å². The number of aliphatic hydroxyl groups is 2. The molecule has 0 amide bonds. The molecule has 0 fully saturated rings. The molecule has 0 saturated carbocycles. The van der Waals surface area contributed by atoms with Crippen molar-refractivity contribution in [2.75, 3.05) is 13.2 Å². The highest BCUT2D eigenvalue weighted by molar-refractivity contribution is 7.86. The normalized spacial score (nSPS) is 15.5. The van der Waals surface area contributed by atoms with Gasteiger partial charge in [-0.3, -0.25) is 4.18 Å². The number of benzene rings is 1. The maximum absolute atomic E-state index is 11.7. The van der Waals surface area contributed by atoms with Crippen molar-refractivity contribution in [1.82, 2.24) is 0 Å². The summed E-state index contributed by atoms with van der Waals surface area (Å²) in [5.74, 6) is 0. The van der Waals surface area contributed by atoms with Crippen LogP contribution in [0.5, 0.6) is 0 Å². The first-order valence-electron chi connectivity index (χ1n) is 5.06. The Kier molecular flexibility index (Phi) is 4.26. The van der Waals surface area contributed by atoms with Crippen LogP contribution >= 0.6 is 0 Å². The molecule has 0 bridgehead atoms. The van der Waals surface area contributed by atoms with Gasteiger partial charge in [0, 0.05) is 0 Å². The molecule has 2 N–H and O–H groups in total. The Morgan fingerprint density at radius 2 is 1.82 bits per heavy atom. The fourth-order valence-corrected chi connectivity index (χ4v) is 2.04. The quantitative estimate of drug-likeness (QED) is 0.751. The van der Waals surface area contributed by atoms with E-state index in [9.17, 15) is 13.5 Å². The highest BCUT2D eigenvalue weighted by atomic mass is 32.2. The Morgan fingerprint density at radius 3 is 2.29 bits per heavy atom. The third kappa shape index (κ3) is 4.08. The van der Waals surface area contributed by atoms with Crippen LogP contribution in [0.3, 0.4) is 0 Å². The predicted molar refractivity (Wildman–Crippen MR) is 62.0 cm³/mol. The van der Waals surface area contributed by atoms with Gasteiger partial charge in [-0.2, -0.15) is 8.42 Å². The molecule has 0 heterocycles. The predicted octanol–water partition coefficient (Wildman–Crippen LogP) is 0.444. The Hall–Kier alpha value is -0.950. The second-order valence-electron chi connectivity index (χ2n) is 4.18. The average Bonchev–Trinajstić information content (AvgIpc) is 2.27. The maximum Gasteiger partial charge on any atom is 0.297 e. The SMILES string of the molecule is Cc1ccc(S(=O)(=O)OC[C@](C)(O)CO)cc1. The molecule has 0 aromatic heterocycles. The summed E-state index contributed by atoms with van der Waals surface area (Å²) in [6.07, 6.45) is 0. The molecule has 17 heavy (non-hydrogen) atoms. The third-order valence-corrected chi connectivity index (χ3v) is 3.45. The van der Waals surface area contributed by atoms with E-state index in [1.165, 1.54) is 19.1 Å². The highest BCUT2D eigenvalue weighted by Gasteiger charge is 2.24. The van der Waals surface area contributed by atoms with Gasteiger partial charge in [-0.25, -0.2) is 0 Å². The van der Waals surface area contributed by atoms with Gasteiger partial charge in [-0.05, 0) is 26.0 Å². The lowest BCUT2D eigenvalue weighted by atomic mass is 10.1. The zero-order chi connectivity index (χ0) is 13.1. The number of rotatable bonds is 5. The highest BCUT2D eigenvalue weighted by Crippen LogP contribution is 2.15. The summed E-state index contributed by atoms with van der Waals surface area (Å²) in [7, 11) is -3.89.